The normalized spacial score (nSPS) is 13.8. The monoisotopic (exact) mass is 351 g/mol. The second-order valence-corrected chi connectivity index (χ2v) is 6.46. The second kappa shape index (κ2) is 7.38. The van der Waals surface area contributed by atoms with E-state index >= 15 is 0 Å². The van der Waals surface area contributed by atoms with Gasteiger partial charge in [0.25, 0.3) is 0 Å². The fourth-order valence-corrected chi connectivity index (χ4v) is 3.13. The van der Waals surface area contributed by atoms with Crippen molar-refractivity contribution in [1.82, 2.24) is 24.9 Å². The Morgan fingerprint density at radius 2 is 1.96 bits per heavy atom. The number of amides is 1. The van der Waals surface area contributed by atoms with E-state index in [0.29, 0.717) is 11.4 Å². The summed E-state index contributed by atoms with van der Waals surface area (Å²) in [4.78, 5) is 12.8. The molecule has 24 heavy (non-hydrogen) atoms. The van der Waals surface area contributed by atoms with E-state index in [1.807, 2.05) is 52.4 Å². The minimum Gasteiger partial charge on any atom is -0.348 e. The van der Waals surface area contributed by atoms with Crippen molar-refractivity contribution in [2.45, 2.75) is 66.6 Å². The molecule has 132 valence electrons. The van der Waals surface area contributed by atoms with Gasteiger partial charge in [0.1, 0.15) is 6.04 Å². The summed E-state index contributed by atoms with van der Waals surface area (Å²) >= 11 is 6.22. The molecule has 0 aliphatic carbocycles. The van der Waals surface area contributed by atoms with E-state index in [9.17, 15) is 4.79 Å². The summed E-state index contributed by atoms with van der Waals surface area (Å²) in [5.41, 5.74) is 3.67. The quantitative estimate of drug-likeness (QED) is 0.866. The van der Waals surface area contributed by atoms with Crippen molar-refractivity contribution >= 4 is 17.5 Å². The van der Waals surface area contributed by atoms with E-state index in [-0.39, 0.29) is 18.0 Å². The predicted molar refractivity (Wildman–Crippen MR) is 95.2 cm³/mol. The molecule has 2 aromatic rings. The average Bonchev–Trinajstić information content (AvgIpc) is 3.03. The van der Waals surface area contributed by atoms with Crippen LogP contribution in [0, 0.1) is 20.8 Å². The number of carbonyl (C=O) groups excluding carboxylic acids is 1. The van der Waals surface area contributed by atoms with Gasteiger partial charge in [-0.05, 0) is 41.0 Å². The Kier molecular flexibility index (Phi) is 5.70. The van der Waals surface area contributed by atoms with Gasteiger partial charge in [-0.1, -0.05) is 18.5 Å². The van der Waals surface area contributed by atoms with Gasteiger partial charge >= 0.3 is 0 Å². The molecule has 0 spiro atoms. The summed E-state index contributed by atoms with van der Waals surface area (Å²) in [6.45, 7) is 12.6. The molecule has 2 atom stereocenters. The zero-order valence-corrected chi connectivity index (χ0v) is 16.0. The van der Waals surface area contributed by atoms with Crippen LogP contribution in [-0.4, -0.2) is 25.5 Å². The van der Waals surface area contributed by atoms with Crippen molar-refractivity contribution < 1.29 is 4.79 Å². The Morgan fingerprint density at radius 3 is 2.42 bits per heavy atom. The average molecular weight is 352 g/mol. The predicted octanol–water partition coefficient (Wildman–Crippen LogP) is 3.51. The molecule has 2 aromatic heterocycles. The summed E-state index contributed by atoms with van der Waals surface area (Å²) in [6.07, 6.45) is 2.47. The molecule has 0 saturated carbocycles. The zero-order chi connectivity index (χ0) is 18.0. The maximum atomic E-state index is 12.8. The van der Waals surface area contributed by atoms with Gasteiger partial charge in [-0.2, -0.15) is 10.2 Å². The van der Waals surface area contributed by atoms with Gasteiger partial charge in [0.05, 0.1) is 28.6 Å². The summed E-state index contributed by atoms with van der Waals surface area (Å²) in [7, 11) is 0. The topological polar surface area (TPSA) is 64.7 Å². The molecule has 0 fully saturated rings. The largest absolute Gasteiger partial charge is 0.348 e. The smallest absolute Gasteiger partial charge is 0.245 e. The summed E-state index contributed by atoms with van der Waals surface area (Å²) in [5, 5.41) is 12.5. The van der Waals surface area contributed by atoms with Crippen LogP contribution in [0.3, 0.4) is 0 Å². The highest BCUT2D eigenvalue weighted by Gasteiger charge is 2.25. The first-order valence-corrected chi connectivity index (χ1v) is 8.73. The molecule has 0 aliphatic rings. The molecule has 1 amide bonds. The van der Waals surface area contributed by atoms with Crippen LogP contribution in [-0.2, 0) is 11.3 Å². The van der Waals surface area contributed by atoms with Gasteiger partial charge in [-0.25, -0.2) is 0 Å². The van der Waals surface area contributed by atoms with Gasteiger partial charge in [0, 0.05) is 17.8 Å². The highest BCUT2D eigenvalue weighted by Crippen LogP contribution is 2.25. The number of halogens is 1. The molecule has 2 unspecified atom stereocenters. The number of nitrogens with zero attached hydrogens (tertiary/aromatic N) is 4. The number of hydrogen-bond donors (Lipinski definition) is 1. The minimum atomic E-state index is -0.375. The maximum Gasteiger partial charge on any atom is 0.245 e. The third-order valence-electron chi connectivity index (χ3n) is 4.49. The Hall–Kier alpha value is -1.82. The van der Waals surface area contributed by atoms with E-state index in [1.165, 1.54) is 0 Å². The molecule has 0 radical (unpaired) electrons. The van der Waals surface area contributed by atoms with Gasteiger partial charge in [0.2, 0.25) is 5.91 Å². The van der Waals surface area contributed by atoms with Crippen molar-refractivity contribution in [1.29, 1.82) is 0 Å². The van der Waals surface area contributed by atoms with E-state index in [0.717, 1.165) is 29.2 Å². The van der Waals surface area contributed by atoms with Crippen LogP contribution in [0.4, 0.5) is 0 Å². The van der Waals surface area contributed by atoms with E-state index < -0.39 is 0 Å². The lowest BCUT2D eigenvalue weighted by molar-refractivity contribution is -0.125. The van der Waals surface area contributed by atoms with Gasteiger partial charge in [-0.15, -0.1) is 0 Å². The molecule has 7 heteroatoms. The van der Waals surface area contributed by atoms with E-state index in [1.54, 1.807) is 4.68 Å². The van der Waals surface area contributed by atoms with Crippen LogP contribution in [0.1, 0.15) is 61.9 Å². The molecule has 1 N–H and O–H groups in total. The van der Waals surface area contributed by atoms with Crippen LogP contribution in [0.5, 0.6) is 0 Å². The highest BCUT2D eigenvalue weighted by molar-refractivity contribution is 6.31. The second-order valence-electron chi connectivity index (χ2n) is 6.08. The van der Waals surface area contributed by atoms with Crippen LogP contribution in [0.15, 0.2) is 6.20 Å². The summed E-state index contributed by atoms with van der Waals surface area (Å²) < 4.78 is 3.65. The molecule has 0 aromatic carbocycles. The molecule has 0 saturated heterocycles. The fourth-order valence-electron chi connectivity index (χ4n) is 3.01. The highest BCUT2D eigenvalue weighted by atomic mass is 35.5. The third kappa shape index (κ3) is 3.34. The van der Waals surface area contributed by atoms with Crippen LogP contribution in [0.25, 0.3) is 0 Å². The van der Waals surface area contributed by atoms with Crippen molar-refractivity contribution in [2.24, 2.45) is 0 Å². The minimum absolute atomic E-state index is 0.0593. The summed E-state index contributed by atoms with van der Waals surface area (Å²) in [6, 6.07) is -0.487. The van der Waals surface area contributed by atoms with Gasteiger partial charge < -0.3 is 5.32 Å². The molecule has 6 nitrogen and oxygen atoms in total. The number of rotatable bonds is 6. The molecular formula is C17H26ClN5O. The van der Waals surface area contributed by atoms with Crippen LogP contribution in [0.2, 0.25) is 5.02 Å². The first-order valence-electron chi connectivity index (χ1n) is 8.35. The van der Waals surface area contributed by atoms with Crippen LogP contribution >= 0.6 is 11.6 Å². The van der Waals surface area contributed by atoms with Gasteiger partial charge in [-0.3, -0.25) is 14.2 Å². The van der Waals surface area contributed by atoms with E-state index in [2.05, 4.69) is 15.5 Å². The number of aromatic nitrogens is 4. The number of carbonyl (C=O) groups is 1. The Bertz CT molecular complexity index is 734. The first kappa shape index (κ1) is 18.5. The standard InChI is InChI=1S/C17H26ClN5O/c1-7-15(23-13(6)16(18)11(4)21-23)17(24)20-10(3)14-9-19-22(8-2)12(14)5/h9-10,15H,7-8H2,1-6H3,(H,20,24). The Balaban J connectivity index is 2.19. The van der Waals surface area contributed by atoms with Crippen molar-refractivity contribution in [3.05, 3.63) is 33.9 Å². The lowest BCUT2D eigenvalue weighted by Crippen LogP contribution is -2.35. The number of nitrogens with one attached hydrogen (secondary N) is 1. The fraction of sp³-hybridized carbons (Fsp3) is 0.588. The lowest BCUT2D eigenvalue weighted by atomic mass is 10.1. The molecular weight excluding hydrogens is 326 g/mol. The van der Waals surface area contributed by atoms with Gasteiger partial charge in [0.15, 0.2) is 0 Å². The Morgan fingerprint density at radius 1 is 1.29 bits per heavy atom. The molecule has 2 rings (SSSR count). The van der Waals surface area contributed by atoms with E-state index in [4.69, 9.17) is 11.6 Å². The maximum absolute atomic E-state index is 12.8. The Labute approximate surface area is 148 Å². The number of aryl methyl sites for hydroxylation is 2. The first-order chi connectivity index (χ1) is 11.3. The number of hydrogen-bond acceptors (Lipinski definition) is 3. The van der Waals surface area contributed by atoms with Crippen molar-refractivity contribution in [2.75, 3.05) is 0 Å². The molecule has 0 aliphatic heterocycles. The summed E-state index contributed by atoms with van der Waals surface area (Å²) in [5.74, 6) is -0.0593. The van der Waals surface area contributed by atoms with Crippen LogP contribution < -0.4 is 5.32 Å². The SMILES string of the molecule is CCC(C(=O)NC(C)c1cnn(CC)c1C)n1nc(C)c(Cl)c1C. The van der Waals surface area contributed by atoms with Crippen molar-refractivity contribution in [3.8, 4) is 0 Å². The molecule has 0 bridgehead atoms. The van der Waals surface area contributed by atoms with Crippen molar-refractivity contribution in [3.63, 3.8) is 0 Å². The zero-order valence-electron chi connectivity index (χ0n) is 15.2. The third-order valence-corrected chi connectivity index (χ3v) is 5.03. The molecule has 2 heterocycles. The lowest BCUT2D eigenvalue weighted by Gasteiger charge is -2.21.